The van der Waals surface area contributed by atoms with Crippen molar-refractivity contribution in [2.75, 3.05) is 19.7 Å². The average Bonchev–Trinajstić information content (AvgIpc) is 3.29. The molecule has 0 aliphatic carbocycles. The maximum Gasteiger partial charge on any atom is 0.267 e. The molecule has 190 valence electrons. The SMILES string of the molecule is CCn1c(C(=O)NCCN)ccc1C(CC)(CC)c1ccc(OCCC(O)(CC)CC)c(C)c1. The monoisotopic (exact) mass is 471 g/mol. The van der Waals surface area contributed by atoms with E-state index in [1.165, 1.54) is 5.56 Å². The van der Waals surface area contributed by atoms with Crippen LogP contribution in [0.3, 0.4) is 0 Å². The molecular weight excluding hydrogens is 426 g/mol. The number of amides is 1. The van der Waals surface area contributed by atoms with E-state index in [-0.39, 0.29) is 11.3 Å². The number of hydrogen-bond donors (Lipinski definition) is 3. The predicted octanol–water partition coefficient (Wildman–Crippen LogP) is 4.93. The van der Waals surface area contributed by atoms with Gasteiger partial charge >= 0.3 is 0 Å². The van der Waals surface area contributed by atoms with Gasteiger partial charge in [-0.3, -0.25) is 4.79 Å². The molecule has 0 radical (unpaired) electrons. The van der Waals surface area contributed by atoms with Crippen LogP contribution in [0.5, 0.6) is 5.75 Å². The van der Waals surface area contributed by atoms with Crippen LogP contribution in [0.25, 0.3) is 0 Å². The predicted molar refractivity (Wildman–Crippen MR) is 140 cm³/mol. The first-order valence-electron chi connectivity index (χ1n) is 12.9. The number of ether oxygens (including phenoxy) is 1. The van der Waals surface area contributed by atoms with E-state index in [9.17, 15) is 9.90 Å². The van der Waals surface area contributed by atoms with E-state index < -0.39 is 5.60 Å². The summed E-state index contributed by atoms with van der Waals surface area (Å²) in [6.45, 7) is 14.7. The summed E-state index contributed by atoms with van der Waals surface area (Å²) in [7, 11) is 0. The van der Waals surface area contributed by atoms with Crippen LogP contribution in [0.1, 0.15) is 94.0 Å². The molecule has 0 bridgehead atoms. The summed E-state index contributed by atoms with van der Waals surface area (Å²) < 4.78 is 8.20. The summed E-state index contributed by atoms with van der Waals surface area (Å²) in [5.41, 5.74) is 8.83. The van der Waals surface area contributed by atoms with Gasteiger partial charge in [0.2, 0.25) is 0 Å². The fraction of sp³-hybridized carbons (Fsp3) is 0.607. The summed E-state index contributed by atoms with van der Waals surface area (Å²) in [5.74, 6) is 0.769. The highest BCUT2D eigenvalue weighted by molar-refractivity contribution is 5.93. The lowest BCUT2D eigenvalue weighted by Gasteiger charge is -2.34. The largest absolute Gasteiger partial charge is 0.493 e. The molecule has 2 aromatic rings. The van der Waals surface area contributed by atoms with Crippen LogP contribution in [-0.2, 0) is 12.0 Å². The van der Waals surface area contributed by atoms with Crippen LogP contribution in [-0.4, -0.2) is 40.9 Å². The van der Waals surface area contributed by atoms with Crippen LogP contribution < -0.4 is 15.8 Å². The summed E-state index contributed by atoms with van der Waals surface area (Å²) in [5, 5.41) is 13.4. The summed E-state index contributed by atoms with van der Waals surface area (Å²) >= 11 is 0. The Bertz CT molecular complexity index is 927. The van der Waals surface area contributed by atoms with E-state index in [1.54, 1.807) is 0 Å². The van der Waals surface area contributed by atoms with Crippen molar-refractivity contribution < 1.29 is 14.6 Å². The molecule has 0 saturated heterocycles. The molecule has 0 aliphatic rings. The van der Waals surface area contributed by atoms with Gasteiger partial charge in [-0.15, -0.1) is 0 Å². The van der Waals surface area contributed by atoms with Crippen molar-refractivity contribution in [2.45, 2.75) is 91.2 Å². The van der Waals surface area contributed by atoms with Crippen molar-refractivity contribution in [3.8, 4) is 5.75 Å². The number of aromatic nitrogens is 1. The number of nitrogens with one attached hydrogen (secondary N) is 1. The van der Waals surface area contributed by atoms with Gasteiger partial charge in [0.25, 0.3) is 5.91 Å². The number of aliphatic hydroxyl groups is 1. The van der Waals surface area contributed by atoms with Gasteiger partial charge < -0.3 is 25.5 Å². The molecule has 0 spiro atoms. The maximum absolute atomic E-state index is 12.7. The number of carbonyl (C=O) groups is 1. The van der Waals surface area contributed by atoms with Crippen LogP contribution >= 0.6 is 0 Å². The zero-order valence-electron chi connectivity index (χ0n) is 22.0. The first kappa shape index (κ1) is 27.9. The Morgan fingerprint density at radius 2 is 1.74 bits per heavy atom. The minimum absolute atomic E-state index is 0.0845. The Hall–Kier alpha value is -2.31. The Labute approximate surface area is 205 Å². The van der Waals surface area contributed by atoms with Crippen molar-refractivity contribution in [2.24, 2.45) is 5.73 Å². The van der Waals surface area contributed by atoms with Gasteiger partial charge in [-0.25, -0.2) is 0 Å². The van der Waals surface area contributed by atoms with E-state index in [2.05, 4.69) is 61.8 Å². The number of benzene rings is 1. The summed E-state index contributed by atoms with van der Waals surface area (Å²) in [4.78, 5) is 12.7. The number of aryl methyl sites for hydroxylation is 1. The minimum atomic E-state index is -0.660. The van der Waals surface area contributed by atoms with E-state index in [4.69, 9.17) is 10.5 Å². The molecule has 2 rings (SSSR count). The number of hydrogen-bond acceptors (Lipinski definition) is 4. The van der Waals surface area contributed by atoms with Crippen molar-refractivity contribution in [3.05, 3.63) is 52.8 Å². The third-order valence-corrected chi connectivity index (χ3v) is 7.53. The zero-order valence-corrected chi connectivity index (χ0v) is 22.0. The van der Waals surface area contributed by atoms with E-state index in [0.717, 1.165) is 42.7 Å². The molecule has 1 amide bonds. The van der Waals surface area contributed by atoms with Gasteiger partial charge in [0, 0.05) is 37.2 Å². The molecule has 4 N–H and O–H groups in total. The first-order chi connectivity index (χ1) is 16.3. The van der Waals surface area contributed by atoms with Gasteiger partial charge in [-0.1, -0.05) is 39.8 Å². The van der Waals surface area contributed by atoms with Crippen LogP contribution in [0.15, 0.2) is 30.3 Å². The van der Waals surface area contributed by atoms with Gasteiger partial charge in [0.05, 0.1) is 12.2 Å². The zero-order chi connectivity index (χ0) is 25.4. The second-order valence-electron chi connectivity index (χ2n) is 9.19. The third-order valence-electron chi connectivity index (χ3n) is 7.53. The lowest BCUT2D eigenvalue weighted by atomic mass is 9.72. The van der Waals surface area contributed by atoms with Crippen molar-refractivity contribution in [1.82, 2.24) is 9.88 Å². The first-order valence-corrected chi connectivity index (χ1v) is 12.9. The van der Waals surface area contributed by atoms with Gasteiger partial charge in [-0.05, 0) is 68.9 Å². The van der Waals surface area contributed by atoms with Crippen molar-refractivity contribution in [3.63, 3.8) is 0 Å². The Morgan fingerprint density at radius 1 is 1.06 bits per heavy atom. The van der Waals surface area contributed by atoms with Gasteiger partial charge in [0.15, 0.2) is 0 Å². The van der Waals surface area contributed by atoms with E-state index in [0.29, 0.717) is 38.4 Å². The maximum atomic E-state index is 12.7. The molecule has 0 aliphatic heterocycles. The summed E-state index contributed by atoms with van der Waals surface area (Å²) in [6, 6.07) is 10.5. The summed E-state index contributed by atoms with van der Waals surface area (Å²) in [6.07, 6.45) is 3.90. The van der Waals surface area contributed by atoms with Gasteiger partial charge in [0.1, 0.15) is 11.4 Å². The second-order valence-corrected chi connectivity index (χ2v) is 9.19. The lowest BCUT2D eigenvalue weighted by molar-refractivity contribution is 0.0116. The molecule has 1 aromatic carbocycles. The quantitative estimate of drug-likeness (QED) is 0.364. The number of carbonyl (C=O) groups excluding carboxylic acids is 1. The van der Waals surface area contributed by atoms with Gasteiger partial charge in [-0.2, -0.15) is 0 Å². The molecule has 0 saturated carbocycles. The lowest BCUT2D eigenvalue weighted by Crippen LogP contribution is -2.33. The smallest absolute Gasteiger partial charge is 0.267 e. The standard InChI is InChI=1S/C28H45N3O3/c1-7-27(33,8-2)16-19-34-24-14-12-22(20-21(24)6)28(9-3,10-4)25-15-13-23(31(25)11-5)26(32)30-18-17-29/h12-15,20,33H,7-11,16-19,29H2,1-6H3,(H,30,32). The van der Waals surface area contributed by atoms with Crippen molar-refractivity contribution >= 4 is 5.91 Å². The fourth-order valence-corrected chi connectivity index (χ4v) is 4.93. The molecule has 1 aromatic heterocycles. The van der Waals surface area contributed by atoms with E-state index in [1.807, 2.05) is 19.9 Å². The number of nitrogens with zero attached hydrogens (tertiary/aromatic N) is 1. The van der Waals surface area contributed by atoms with Crippen LogP contribution in [0.2, 0.25) is 0 Å². The molecule has 6 heteroatoms. The van der Waals surface area contributed by atoms with Crippen molar-refractivity contribution in [1.29, 1.82) is 0 Å². The minimum Gasteiger partial charge on any atom is -0.493 e. The second kappa shape index (κ2) is 12.4. The molecule has 6 nitrogen and oxygen atoms in total. The molecular formula is C28H45N3O3. The fourth-order valence-electron chi connectivity index (χ4n) is 4.93. The molecule has 34 heavy (non-hydrogen) atoms. The van der Waals surface area contributed by atoms with E-state index >= 15 is 0 Å². The molecule has 0 atom stereocenters. The van der Waals surface area contributed by atoms with Crippen LogP contribution in [0, 0.1) is 6.92 Å². The highest BCUT2D eigenvalue weighted by Crippen LogP contribution is 2.41. The number of nitrogens with two attached hydrogens (primary N) is 1. The normalized spacial score (nSPS) is 12.1. The highest BCUT2D eigenvalue weighted by atomic mass is 16.5. The Morgan fingerprint density at radius 3 is 2.26 bits per heavy atom. The molecule has 1 heterocycles. The number of rotatable bonds is 14. The molecule has 0 fully saturated rings. The Kier molecular flexibility index (Phi) is 10.2. The molecule has 0 unspecified atom stereocenters. The highest BCUT2D eigenvalue weighted by Gasteiger charge is 2.35. The third kappa shape index (κ3) is 5.84. The van der Waals surface area contributed by atoms with Crippen LogP contribution in [0.4, 0.5) is 0 Å². The topological polar surface area (TPSA) is 89.5 Å². The Balaban J connectivity index is 2.37. The average molecular weight is 472 g/mol.